The van der Waals surface area contributed by atoms with Crippen molar-refractivity contribution < 1.29 is 4.74 Å². The van der Waals surface area contributed by atoms with Gasteiger partial charge < -0.3 is 10.1 Å². The molecule has 2 nitrogen and oxygen atoms in total. The summed E-state index contributed by atoms with van der Waals surface area (Å²) >= 11 is 11.4. The van der Waals surface area contributed by atoms with E-state index < -0.39 is 0 Å². The first-order valence-corrected chi connectivity index (χ1v) is 8.60. The van der Waals surface area contributed by atoms with E-state index in [1.165, 1.54) is 0 Å². The summed E-state index contributed by atoms with van der Waals surface area (Å²) in [6, 6.07) is 7.90. The van der Waals surface area contributed by atoms with Crippen molar-refractivity contribution in [3.8, 4) is 5.75 Å². The normalized spacial score (nSPS) is 10.8. The van der Waals surface area contributed by atoms with Crippen LogP contribution >= 0.6 is 38.9 Å². The smallest absolute Gasteiger partial charge is 0.142 e. The molecule has 0 aliphatic carbocycles. The van der Waals surface area contributed by atoms with Crippen LogP contribution in [0.4, 0.5) is 0 Å². The highest BCUT2D eigenvalue weighted by molar-refractivity contribution is 9.10. The summed E-state index contributed by atoms with van der Waals surface area (Å²) in [5.74, 6) is 0.776. The van der Waals surface area contributed by atoms with Gasteiger partial charge in [-0.2, -0.15) is 0 Å². The summed E-state index contributed by atoms with van der Waals surface area (Å²) in [6.45, 7) is 4.44. The molecule has 0 aliphatic heterocycles. The first-order valence-electron chi connectivity index (χ1n) is 6.55. The number of halogens is 2. The summed E-state index contributed by atoms with van der Waals surface area (Å²) in [7, 11) is 0. The van der Waals surface area contributed by atoms with Gasteiger partial charge in [0.2, 0.25) is 0 Å². The van der Waals surface area contributed by atoms with E-state index in [0.717, 1.165) is 40.2 Å². The van der Waals surface area contributed by atoms with Gasteiger partial charge in [0, 0.05) is 16.6 Å². The SMILES string of the molecule is CCCNCc1cccc(Cl)c1OCc1sccc1Br. The molecule has 0 saturated carbocycles. The number of rotatable bonds is 7. The lowest BCUT2D eigenvalue weighted by Gasteiger charge is -2.13. The minimum Gasteiger partial charge on any atom is -0.486 e. The highest BCUT2D eigenvalue weighted by atomic mass is 79.9. The number of hydrogen-bond acceptors (Lipinski definition) is 3. The Morgan fingerprint density at radius 1 is 1.35 bits per heavy atom. The molecule has 0 atom stereocenters. The molecule has 0 spiro atoms. The molecule has 0 saturated heterocycles. The fraction of sp³-hybridized carbons (Fsp3) is 0.333. The number of nitrogens with one attached hydrogen (secondary N) is 1. The maximum atomic E-state index is 6.26. The molecule has 5 heteroatoms. The molecule has 0 bridgehead atoms. The Labute approximate surface area is 137 Å². The number of hydrogen-bond donors (Lipinski definition) is 1. The Bertz CT molecular complexity index is 559. The average molecular weight is 375 g/mol. The monoisotopic (exact) mass is 373 g/mol. The number of thiophene rings is 1. The zero-order chi connectivity index (χ0) is 14.4. The van der Waals surface area contributed by atoms with Gasteiger partial charge in [0.25, 0.3) is 0 Å². The molecule has 1 aromatic carbocycles. The molecule has 0 amide bonds. The molecule has 1 heterocycles. The minimum absolute atomic E-state index is 0.531. The minimum atomic E-state index is 0.531. The predicted molar refractivity (Wildman–Crippen MR) is 89.8 cm³/mol. The van der Waals surface area contributed by atoms with Gasteiger partial charge in [-0.15, -0.1) is 11.3 Å². The van der Waals surface area contributed by atoms with Gasteiger partial charge in [0.15, 0.2) is 0 Å². The van der Waals surface area contributed by atoms with E-state index in [2.05, 4.69) is 28.2 Å². The summed E-state index contributed by atoms with van der Waals surface area (Å²) in [4.78, 5) is 1.16. The van der Waals surface area contributed by atoms with E-state index in [0.29, 0.717) is 11.6 Å². The molecular formula is C15H17BrClNOS. The third-order valence-electron chi connectivity index (χ3n) is 2.83. The van der Waals surface area contributed by atoms with Crippen molar-refractivity contribution in [3.05, 3.63) is 49.6 Å². The van der Waals surface area contributed by atoms with Crippen LogP contribution in [0.3, 0.4) is 0 Å². The van der Waals surface area contributed by atoms with Crippen molar-refractivity contribution in [3.63, 3.8) is 0 Å². The van der Waals surface area contributed by atoms with Crippen molar-refractivity contribution in [2.45, 2.75) is 26.5 Å². The molecule has 20 heavy (non-hydrogen) atoms. The highest BCUT2D eigenvalue weighted by Gasteiger charge is 2.10. The van der Waals surface area contributed by atoms with Gasteiger partial charge in [-0.1, -0.05) is 30.7 Å². The zero-order valence-corrected chi connectivity index (χ0v) is 14.4. The maximum absolute atomic E-state index is 6.26. The van der Waals surface area contributed by atoms with E-state index in [9.17, 15) is 0 Å². The Kier molecular flexibility index (Phi) is 6.36. The lowest BCUT2D eigenvalue weighted by molar-refractivity contribution is 0.305. The fourth-order valence-electron chi connectivity index (χ4n) is 1.82. The Hall–Kier alpha value is -0.550. The van der Waals surface area contributed by atoms with E-state index in [1.807, 2.05) is 29.6 Å². The number of para-hydroxylation sites is 1. The molecule has 1 aromatic heterocycles. The second-order valence-corrected chi connectivity index (χ2v) is 6.65. The highest BCUT2D eigenvalue weighted by Crippen LogP contribution is 2.31. The van der Waals surface area contributed by atoms with Crippen LogP contribution in [-0.4, -0.2) is 6.54 Å². The quantitative estimate of drug-likeness (QED) is 0.669. The van der Waals surface area contributed by atoms with Crippen LogP contribution in [0.15, 0.2) is 34.1 Å². The van der Waals surface area contributed by atoms with E-state index in [1.54, 1.807) is 11.3 Å². The van der Waals surface area contributed by atoms with Crippen molar-refractivity contribution in [2.75, 3.05) is 6.54 Å². The van der Waals surface area contributed by atoms with Crippen LogP contribution < -0.4 is 10.1 Å². The molecule has 108 valence electrons. The summed E-state index contributed by atoms with van der Waals surface area (Å²) < 4.78 is 7.02. The lowest BCUT2D eigenvalue weighted by atomic mass is 10.2. The van der Waals surface area contributed by atoms with Crippen molar-refractivity contribution in [2.24, 2.45) is 0 Å². The fourth-order valence-corrected chi connectivity index (χ4v) is 3.45. The summed E-state index contributed by atoms with van der Waals surface area (Å²) in [5.41, 5.74) is 1.10. The molecule has 2 rings (SSSR count). The van der Waals surface area contributed by atoms with Crippen LogP contribution in [0, 0.1) is 0 Å². The predicted octanol–water partition coefficient (Wildman–Crippen LogP) is 5.24. The number of benzene rings is 1. The van der Waals surface area contributed by atoms with Gasteiger partial charge in [-0.25, -0.2) is 0 Å². The van der Waals surface area contributed by atoms with Gasteiger partial charge in [0.1, 0.15) is 12.4 Å². The van der Waals surface area contributed by atoms with Crippen LogP contribution in [-0.2, 0) is 13.2 Å². The van der Waals surface area contributed by atoms with E-state index in [4.69, 9.17) is 16.3 Å². The van der Waals surface area contributed by atoms with Gasteiger partial charge in [-0.05, 0) is 46.4 Å². The summed E-state index contributed by atoms with van der Waals surface area (Å²) in [5, 5.41) is 6.08. The average Bonchev–Trinajstić information content (AvgIpc) is 2.84. The van der Waals surface area contributed by atoms with Crippen LogP contribution in [0.5, 0.6) is 5.75 Å². The second-order valence-electron chi connectivity index (χ2n) is 4.39. The third kappa shape index (κ3) is 4.22. The molecule has 0 unspecified atom stereocenters. The largest absolute Gasteiger partial charge is 0.486 e. The molecule has 0 fully saturated rings. The van der Waals surface area contributed by atoms with Crippen LogP contribution in [0.2, 0.25) is 5.02 Å². The van der Waals surface area contributed by atoms with Gasteiger partial charge in [0.05, 0.1) is 9.90 Å². The lowest BCUT2D eigenvalue weighted by Crippen LogP contribution is -2.14. The van der Waals surface area contributed by atoms with E-state index in [-0.39, 0.29) is 0 Å². The van der Waals surface area contributed by atoms with E-state index >= 15 is 0 Å². The summed E-state index contributed by atoms with van der Waals surface area (Å²) in [6.07, 6.45) is 1.11. The Morgan fingerprint density at radius 3 is 2.90 bits per heavy atom. The van der Waals surface area contributed by atoms with Crippen LogP contribution in [0.1, 0.15) is 23.8 Å². The van der Waals surface area contributed by atoms with Crippen LogP contribution in [0.25, 0.3) is 0 Å². The maximum Gasteiger partial charge on any atom is 0.142 e. The molecule has 1 N–H and O–H groups in total. The molecule has 0 aliphatic rings. The molecule has 0 radical (unpaired) electrons. The van der Waals surface area contributed by atoms with Gasteiger partial charge in [-0.3, -0.25) is 0 Å². The topological polar surface area (TPSA) is 21.3 Å². The first-order chi connectivity index (χ1) is 9.72. The number of ether oxygens (including phenoxy) is 1. The van der Waals surface area contributed by atoms with Crippen molar-refractivity contribution in [1.29, 1.82) is 0 Å². The zero-order valence-electron chi connectivity index (χ0n) is 11.3. The third-order valence-corrected chi connectivity index (χ3v) is 5.03. The molecular weight excluding hydrogens is 358 g/mol. The first kappa shape index (κ1) is 15.8. The van der Waals surface area contributed by atoms with Gasteiger partial charge >= 0.3 is 0 Å². The van der Waals surface area contributed by atoms with Crippen molar-refractivity contribution >= 4 is 38.9 Å². The van der Waals surface area contributed by atoms with Crippen molar-refractivity contribution in [1.82, 2.24) is 5.32 Å². The molecule has 2 aromatic rings. The standard InChI is InChI=1S/C15H17BrClNOS/c1-2-7-18-9-11-4-3-5-13(17)15(11)19-10-14-12(16)6-8-20-14/h3-6,8,18H,2,7,9-10H2,1H3. The Balaban J connectivity index is 2.07. The second kappa shape index (κ2) is 8.03. The Morgan fingerprint density at radius 2 is 2.20 bits per heavy atom.